The van der Waals surface area contributed by atoms with Crippen LogP contribution in [-0.4, -0.2) is 47.9 Å². The molecular formula is C15H24N4O2S. The highest BCUT2D eigenvalue weighted by Crippen LogP contribution is 2.29. The number of rotatable bonds is 6. The topological polar surface area (TPSA) is 74.3 Å². The monoisotopic (exact) mass is 324 g/mol. The molecule has 1 aromatic rings. The van der Waals surface area contributed by atoms with E-state index in [-0.39, 0.29) is 0 Å². The maximum absolute atomic E-state index is 11.9. The lowest BCUT2D eigenvalue weighted by Gasteiger charge is -2.17. The van der Waals surface area contributed by atoms with Gasteiger partial charge < -0.3 is 10.2 Å². The summed E-state index contributed by atoms with van der Waals surface area (Å²) in [5.74, 6) is -1.23. The van der Waals surface area contributed by atoms with Gasteiger partial charge in [0.25, 0.3) is 0 Å². The average molecular weight is 324 g/mol. The highest BCUT2D eigenvalue weighted by atomic mass is 32.1. The fourth-order valence-electron chi connectivity index (χ4n) is 2.51. The van der Waals surface area contributed by atoms with E-state index in [0.717, 1.165) is 44.6 Å². The normalized spacial score (nSPS) is 13.8. The van der Waals surface area contributed by atoms with Crippen molar-refractivity contribution in [3.8, 4) is 0 Å². The van der Waals surface area contributed by atoms with E-state index in [1.165, 1.54) is 22.6 Å². The number of fused-ring (bicyclic) bond motifs is 1. The molecule has 0 radical (unpaired) electrons. The van der Waals surface area contributed by atoms with Crippen LogP contribution in [0.4, 0.5) is 5.13 Å². The van der Waals surface area contributed by atoms with Gasteiger partial charge in [0.1, 0.15) is 0 Å². The van der Waals surface area contributed by atoms with E-state index in [4.69, 9.17) is 0 Å². The lowest BCUT2D eigenvalue weighted by molar-refractivity contribution is -0.136. The molecule has 0 unspecified atom stereocenters. The van der Waals surface area contributed by atoms with E-state index in [1.54, 1.807) is 0 Å². The molecule has 2 N–H and O–H groups in total. The van der Waals surface area contributed by atoms with E-state index in [0.29, 0.717) is 11.7 Å². The Kier molecular flexibility index (Phi) is 6.33. The first-order valence-corrected chi connectivity index (χ1v) is 8.75. The Morgan fingerprint density at radius 1 is 1.18 bits per heavy atom. The fraction of sp³-hybridized carbons (Fsp3) is 0.667. The van der Waals surface area contributed by atoms with Gasteiger partial charge >= 0.3 is 11.8 Å². The van der Waals surface area contributed by atoms with Crippen molar-refractivity contribution in [2.75, 3.05) is 31.5 Å². The quantitative estimate of drug-likeness (QED) is 0.776. The Bertz CT molecular complexity index is 502. The number of thiazole rings is 1. The van der Waals surface area contributed by atoms with E-state index >= 15 is 0 Å². The number of hydrogen-bond acceptors (Lipinski definition) is 5. The van der Waals surface area contributed by atoms with Gasteiger partial charge in [0.2, 0.25) is 0 Å². The summed E-state index contributed by atoms with van der Waals surface area (Å²) in [7, 11) is 0. The van der Waals surface area contributed by atoms with Crippen molar-refractivity contribution >= 4 is 28.3 Å². The number of aryl methyl sites for hydroxylation is 2. The van der Waals surface area contributed by atoms with Crippen LogP contribution in [0.3, 0.4) is 0 Å². The summed E-state index contributed by atoms with van der Waals surface area (Å²) in [6.07, 6.45) is 4.32. The maximum Gasteiger partial charge on any atom is 0.315 e. The Morgan fingerprint density at radius 3 is 2.59 bits per heavy atom. The molecule has 0 fully saturated rings. The number of anilines is 1. The summed E-state index contributed by atoms with van der Waals surface area (Å²) in [6, 6.07) is 0. The molecule has 6 nitrogen and oxygen atoms in total. The molecule has 1 aliphatic rings. The minimum atomic E-state index is -0.634. The zero-order chi connectivity index (χ0) is 15.9. The number of nitrogens with zero attached hydrogens (tertiary/aromatic N) is 2. The molecule has 0 atom stereocenters. The van der Waals surface area contributed by atoms with Crippen LogP contribution in [0.15, 0.2) is 0 Å². The van der Waals surface area contributed by atoms with Gasteiger partial charge in [-0.2, -0.15) is 0 Å². The van der Waals surface area contributed by atoms with Crippen LogP contribution in [0.25, 0.3) is 0 Å². The van der Waals surface area contributed by atoms with Gasteiger partial charge in [-0.15, -0.1) is 11.3 Å². The molecule has 7 heteroatoms. The lowest BCUT2D eigenvalue weighted by atomic mass is 10.0. The Balaban J connectivity index is 1.78. The second kappa shape index (κ2) is 8.24. The predicted octanol–water partition coefficient (Wildman–Crippen LogP) is 1.42. The molecular weight excluding hydrogens is 300 g/mol. The minimum Gasteiger partial charge on any atom is -0.347 e. The van der Waals surface area contributed by atoms with Crippen LogP contribution in [0.2, 0.25) is 0 Å². The Labute approximate surface area is 135 Å². The molecule has 0 aliphatic heterocycles. The SMILES string of the molecule is CCN(CC)CCNC(=O)C(=O)Nc1nc2c(s1)CCCC2. The predicted molar refractivity (Wildman–Crippen MR) is 88.2 cm³/mol. The van der Waals surface area contributed by atoms with Crippen molar-refractivity contribution in [2.24, 2.45) is 0 Å². The summed E-state index contributed by atoms with van der Waals surface area (Å²) in [6.45, 7) is 7.23. The maximum atomic E-state index is 11.9. The van der Waals surface area contributed by atoms with Crippen LogP contribution < -0.4 is 10.6 Å². The summed E-state index contributed by atoms with van der Waals surface area (Å²) >= 11 is 1.49. The first kappa shape index (κ1) is 16.9. The van der Waals surface area contributed by atoms with E-state index in [1.807, 2.05) is 0 Å². The van der Waals surface area contributed by atoms with Crippen molar-refractivity contribution in [1.82, 2.24) is 15.2 Å². The summed E-state index contributed by atoms with van der Waals surface area (Å²) < 4.78 is 0. The third-order valence-corrected chi connectivity index (χ3v) is 4.95. The molecule has 0 saturated heterocycles. The lowest BCUT2D eigenvalue weighted by Crippen LogP contribution is -2.40. The van der Waals surface area contributed by atoms with Crippen LogP contribution in [-0.2, 0) is 22.4 Å². The molecule has 0 bridgehead atoms. The van der Waals surface area contributed by atoms with Crippen LogP contribution in [0.5, 0.6) is 0 Å². The van der Waals surface area contributed by atoms with Crippen molar-refractivity contribution in [2.45, 2.75) is 39.5 Å². The van der Waals surface area contributed by atoms with Crippen molar-refractivity contribution in [3.05, 3.63) is 10.6 Å². The summed E-state index contributed by atoms with van der Waals surface area (Å²) in [4.78, 5) is 31.5. The molecule has 1 aromatic heterocycles. The number of likely N-dealkylation sites (N-methyl/N-ethyl adjacent to an activating group) is 1. The Morgan fingerprint density at radius 2 is 1.91 bits per heavy atom. The third kappa shape index (κ3) is 4.51. The number of carbonyl (C=O) groups is 2. The Hall–Kier alpha value is -1.47. The third-order valence-electron chi connectivity index (χ3n) is 3.88. The van der Waals surface area contributed by atoms with Crippen molar-refractivity contribution in [1.29, 1.82) is 0 Å². The second-order valence-electron chi connectivity index (χ2n) is 5.33. The van der Waals surface area contributed by atoms with Gasteiger partial charge in [0.15, 0.2) is 5.13 Å². The van der Waals surface area contributed by atoms with E-state index in [9.17, 15) is 9.59 Å². The van der Waals surface area contributed by atoms with Gasteiger partial charge in [-0.3, -0.25) is 14.9 Å². The number of hydrogen-bond donors (Lipinski definition) is 2. The van der Waals surface area contributed by atoms with Gasteiger partial charge in [-0.05, 0) is 38.8 Å². The van der Waals surface area contributed by atoms with Crippen LogP contribution >= 0.6 is 11.3 Å². The first-order chi connectivity index (χ1) is 10.6. The molecule has 0 aromatic carbocycles. The van der Waals surface area contributed by atoms with E-state index < -0.39 is 11.8 Å². The first-order valence-electron chi connectivity index (χ1n) is 7.94. The molecule has 0 saturated carbocycles. The van der Waals surface area contributed by atoms with Gasteiger partial charge in [0.05, 0.1) is 5.69 Å². The molecule has 22 heavy (non-hydrogen) atoms. The molecule has 0 spiro atoms. The van der Waals surface area contributed by atoms with Gasteiger partial charge in [0, 0.05) is 18.0 Å². The largest absolute Gasteiger partial charge is 0.347 e. The van der Waals surface area contributed by atoms with Gasteiger partial charge in [-0.1, -0.05) is 13.8 Å². The van der Waals surface area contributed by atoms with E-state index in [2.05, 4.69) is 34.4 Å². The molecule has 2 amide bonds. The molecule has 1 aliphatic carbocycles. The van der Waals surface area contributed by atoms with Crippen molar-refractivity contribution < 1.29 is 9.59 Å². The molecule has 122 valence electrons. The fourth-order valence-corrected chi connectivity index (χ4v) is 3.55. The minimum absolute atomic E-state index is 0.475. The second-order valence-corrected chi connectivity index (χ2v) is 6.42. The highest BCUT2D eigenvalue weighted by molar-refractivity contribution is 7.16. The highest BCUT2D eigenvalue weighted by Gasteiger charge is 2.19. The van der Waals surface area contributed by atoms with Gasteiger partial charge in [-0.25, -0.2) is 4.98 Å². The standard InChI is InChI=1S/C15H24N4O2S/c1-3-19(4-2)10-9-16-13(20)14(21)18-15-17-11-7-5-6-8-12(11)22-15/h3-10H2,1-2H3,(H,16,20)(H,17,18,21). The zero-order valence-electron chi connectivity index (χ0n) is 13.3. The van der Waals surface area contributed by atoms with Crippen LogP contribution in [0.1, 0.15) is 37.3 Å². The van der Waals surface area contributed by atoms with Crippen molar-refractivity contribution in [3.63, 3.8) is 0 Å². The smallest absolute Gasteiger partial charge is 0.315 e. The average Bonchev–Trinajstić information content (AvgIpc) is 2.93. The number of aromatic nitrogens is 1. The molecule has 1 heterocycles. The molecule has 2 rings (SSSR count). The number of amides is 2. The zero-order valence-corrected chi connectivity index (χ0v) is 14.1. The number of carbonyl (C=O) groups excluding carboxylic acids is 2. The van der Waals surface area contributed by atoms with Crippen LogP contribution in [0, 0.1) is 0 Å². The summed E-state index contributed by atoms with van der Waals surface area (Å²) in [5, 5.41) is 5.79. The summed E-state index contributed by atoms with van der Waals surface area (Å²) in [5.41, 5.74) is 1.08. The number of nitrogens with one attached hydrogen (secondary N) is 2.